The zero-order valence-corrected chi connectivity index (χ0v) is 36.6. The molecule has 16 heteroatoms. The number of allylic oxidation sites excluding steroid dienone is 1. The van der Waals surface area contributed by atoms with Crippen molar-refractivity contribution in [3.8, 4) is 0 Å². The second-order valence-corrected chi connectivity index (χ2v) is 21.2. The van der Waals surface area contributed by atoms with Crippen molar-refractivity contribution < 1.29 is 74.0 Å². The number of hydrogen-bond acceptors (Lipinski definition) is 16. The number of fused-ring (bicyclic) bond motifs is 7. The third-order valence-corrected chi connectivity index (χ3v) is 17.8. The summed E-state index contributed by atoms with van der Waals surface area (Å²) < 4.78 is 42.5. The fourth-order valence-electron chi connectivity index (χ4n) is 14.1. The van der Waals surface area contributed by atoms with Crippen LogP contribution in [0.3, 0.4) is 0 Å². The third-order valence-electron chi connectivity index (χ3n) is 17.8. The van der Waals surface area contributed by atoms with E-state index in [4.69, 9.17) is 33.2 Å². The maximum absolute atomic E-state index is 11.0. The Morgan fingerprint density at radius 2 is 1.39 bits per heavy atom. The SMILES string of the molecule is C[C@@H]1CC[C@@]2(NC1)O[C@H]1C[C@@H]3[C@H]4CC=C5C[C@H](O[C@@H]6O[C@H](CO[C@@H]7O[C@@H](C)[C@H](O[C@@H]8O[C@@H](C)[C@H](O)[C@@H](O)[C@H]8O)[C@@H](O)[C@H]7O)[C@@H](O)[C@H](O)[C@H]6O)CC[C@@]5(C)[C@@H]4CC[C@]3(C)[C@@H]1[C@@H]2C. The quantitative estimate of drug-likeness (QED) is 0.161. The molecule has 1 spiro atoms. The van der Waals surface area contributed by atoms with Crippen molar-refractivity contribution in [3.63, 3.8) is 0 Å². The first-order chi connectivity index (χ1) is 28.9. The van der Waals surface area contributed by atoms with Gasteiger partial charge in [0, 0.05) is 12.5 Å². The Labute approximate surface area is 359 Å². The van der Waals surface area contributed by atoms with Gasteiger partial charge < -0.3 is 74.0 Å². The van der Waals surface area contributed by atoms with Crippen LogP contribution in [0.15, 0.2) is 11.6 Å². The van der Waals surface area contributed by atoms with Crippen LogP contribution < -0.4 is 5.32 Å². The Kier molecular flexibility index (Phi) is 12.4. The van der Waals surface area contributed by atoms with Gasteiger partial charge in [-0.05, 0) is 112 Å². The number of aliphatic hydroxyl groups excluding tert-OH is 8. The van der Waals surface area contributed by atoms with Gasteiger partial charge >= 0.3 is 0 Å². The molecule has 9 aliphatic rings. The molecule has 16 nitrogen and oxygen atoms in total. The van der Waals surface area contributed by atoms with Crippen molar-refractivity contribution in [2.75, 3.05) is 13.2 Å². The molecule has 0 amide bonds. The van der Waals surface area contributed by atoms with E-state index in [2.05, 4.69) is 39.1 Å². The number of rotatable bonds is 7. The number of aliphatic hydroxyl groups is 8. The first-order valence-corrected chi connectivity index (χ1v) is 23.3. The van der Waals surface area contributed by atoms with Crippen LogP contribution in [0.2, 0.25) is 0 Å². The largest absolute Gasteiger partial charge is 0.388 e. The molecule has 4 aliphatic carbocycles. The molecule has 0 bridgehead atoms. The highest BCUT2D eigenvalue weighted by atomic mass is 16.7. The summed E-state index contributed by atoms with van der Waals surface area (Å²) >= 11 is 0. The van der Waals surface area contributed by atoms with Crippen molar-refractivity contribution >= 4 is 0 Å². The fourth-order valence-corrected chi connectivity index (χ4v) is 14.1. The van der Waals surface area contributed by atoms with Gasteiger partial charge in [-0.3, -0.25) is 5.32 Å². The predicted molar refractivity (Wildman–Crippen MR) is 215 cm³/mol. The van der Waals surface area contributed by atoms with Gasteiger partial charge in [0.2, 0.25) is 0 Å². The van der Waals surface area contributed by atoms with Crippen LogP contribution in [-0.2, 0) is 33.2 Å². The van der Waals surface area contributed by atoms with E-state index in [-0.39, 0.29) is 29.3 Å². The summed E-state index contributed by atoms with van der Waals surface area (Å²) in [5.41, 5.74) is 1.54. The minimum atomic E-state index is -1.66. The number of ether oxygens (including phenoxy) is 7. The minimum absolute atomic E-state index is 0.0483. The normalized spacial score (nSPS) is 58.4. The summed E-state index contributed by atoms with van der Waals surface area (Å²) in [5.74, 6) is 3.58. The number of hydrogen-bond donors (Lipinski definition) is 9. The molecule has 0 aromatic carbocycles. The fraction of sp³-hybridized carbons (Fsp3) is 0.956. The summed E-state index contributed by atoms with van der Waals surface area (Å²) in [6.45, 7) is 13.5. The first kappa shape index (κ1) is 45.3. The van der Waals surface area contributed by atoms with Gasteiger partial charge in [0.05, 0.1) is 31.0 Å². The van der Waals surface area contributed by atoms with E-state index < -0.39 is 92.1 Å². The molecule has 26 atom stereocenters. The lowest BCUT2D eigenvalue weighted by Crippen LogP contribution is -2.63. The predicted octanol–water partition coefficient (Wildman–Crippen LogP) is 0.815. The second-order valence-electron chi connectivity index (χ2n) is 21.2. The van der Waals surface area contributed by atoms with E-state index >= 15 is 0 Å². The van der Waals surface area contributed by atoms with Crippen LogP contribution in [-0.4, -0.2) is 164 Å². The number of piperidine rings is 1. The average molecular weight is 868 g/mol. The summed E-state index contributed by atoms with van der Waals surface area (Å²) in [5, 5.41) is 89.4. The lowest BCUT2D eigenvalue weighted by Gasteiger charge is -2.59. The Balaban J connectivity index is 0.801. The molecule has 0 aromatic rings. The Morgan fingerprint density at radius 1 is 0.705 bits per heavy atom. The third kappa shape index (κ3) is 7.52. The van der Waals surface area contributed by atoms with E-state index in [9.17, 15) is 40.9 Å². The van der Waals surface area contributed by atoms with Crippen LogP contribution in [0.25, 0.3) is 0 Å². The summed E-state index contributed by atoms with van der Waals surface area (Å²) in [6, 6.07) is 0. The van der Waals surface area contributed by atoms with Crippen LogP contribution >= 0.6 is 0 Å². The summed E-state index contributed by atoms with van der Waals surface area (Å²) in [6.07, 6.45) is -8.86. The summed E-state index contributed by atoms with van der Waals surface area (Å²) in [4.78, 5) is 0. The van der Waals surface area contributed by atoms with E-state index in [1.54, 1.807) is 6.92 Å². The Hall–Kier alpha value is -0.900. The maximum atomic E-state index is 11.0. The van der Waals surface area contributed by atoms with Gasteiger partial charge in [0.15, 0.2) is 18.9 Å². The van der Waals surface area contributed by atoms with Crippen molar-refractivity contribution in [1.29, 1.82) is 0 Å². The molecule has 3 saturated carbocycles. The van der Waals surface area contributed by atoms with Gasteiger partial charge in [-0.15, -0.1) is 0 Å². The molecule has 0 unspecified atom stereocenters. The second kappa shape index (κ2) is 16.8. The first-order valence-electron chi connectivity index (χ1n) is 23.3. The van der Waals surface area contributed by atoms with Gasteiger partial charge in [0.25, 0.3) is 0 Å². The molecule has 8 fully saturated rings. The molecular weight excluding hydrogens is 794 g/mol. The smallest absolute Gasteiger partial charge is 0.187 e. The van der Waals surface area contributed by atoms with Gasteiger partial charge in [-0.25, -0.2) is 0 Å². The zero-order chi connectivity index (χ0) is 43.5. The van der Waals surface area contributed by atoms with Gasteiger partial charge in [0.1, 0.15) is 66.8 Å². The topological polar surface area (TPSA) is 238 Å². The van der Waals surface area contributed by atoms with E-state index in [1.807, 2.05) is 0 Å². The summed E-state index contributed by atoms with van der Waals surface area (Å²) in [7, 11) is 0. The number of nitrogens with one attached hydrogen (secondary N) is 1. The maximum Gasteiger partial charge on any atom is 0.187 e. The highest BCUT2D eigenvalue weighted by molar-refractivity contribution is 5.26. The van der Waals surface area contributed by atoms with Gasteiger partial charge in [-0.2, -0.15) is 0 Å². The highest BCUT2D eigenvalue weighted by Crippen LogP contribution is 2.70. The molecule has 61 heavy (non-hydrogen) atoms. The van der Waals surface area contributed by atoms with Gasteiger partial charge in [-0.1, -0.05) is 39.3 Å². The zero-order valence-electron chi connectivity index (χ0n) is 36.6. The van der Waals surface area contributed by atoms with E-state index in [0.717, 1.165) is 38.6 Å². The standard InChI is InChI=1S/C45H73NO15/c1-19-9-14-45(46-17-19)20(2)30-28(61-45)16-27-25-8-7-23-15-24(10-12-43(23,5)26(25)11-13-44(27,30)6)58-42-37(53)34(50)32(48)29(59-42)18-55-40-38(54)35(51)39(22(4)57-40)60-41-36(52)33(49)31(47)21(3)56-41/h7,19-22,24-42,46-54H,8-18H2,1-6H3/t19-,20+,21+,22+,24-,25+,26-,27-,28+,29-,30-,31+,32-,33-,34+,35+,36-,37-,38-,39+,40-,41+,42-,43-,44+,45-/m1/s1. The lowest BCUT2D eigenvalue weighted by atomic mass is 9.47. The molecule has 9 N–H and O–H groups in total. The molecule has 0 radical (unpaired) electrons. The van der Waals surface area contributed by atoms with Crippen molar-refractivity contribution in [2.45, 2.75) is 209 Å². The Morgan fingerprint density at radius 3 is 2.11 bits per heavy atom. The van der Waals surface area contributed by atoms with Crippen LogP contribution in [0.1, 0.15) is 99.3 Å². The molecule has 5 heterocycles. The van der Waals surface area contributed by atoms with E-state index in [0.29, 0.717) is 48.0 Å². The van der Waals surface area contributed by atoms with Crippen molar-refractivity contribution in [2.24, 2.45) is 46.3 Å². The Bertz CT molecular complexity index is 1600. The molecule has 5 saturated heterocycles. The van der Waals surface area contributed by atoms with Crippen LogP contribution in [0.4, 0.5) is 0 Å². The monoisotopic (exact) mass is 867 g/mol. The molecular formula is C45H73NO15. The van der Waals surface area contributed by atoms with Crippen molar-refractivity contribution in [3.05, 3.63) is 11.6 Å². The molecule has 5 aliphatic heterocycles. The van der Waals surface area contributed by atoms with Crippen LogP contribution in [0, 0.1) is 46.3 Å². The van der Waals surface area contributed by atoms with Crippen molar-refractivity contribution in [1.82, 2.24) is 5.32 Å². The van der Waals surface area contributed by atoms with Crippen LogP contribution in [0.5, 0.6) is 0 Å². The van der Waals surface area contributed by atoms with E-state index in [1.165, 1.54) is 31.8 Å². The molecule has 348 valence electrons. The highest BCUT2D eigenvalue weighted by Gasteiger charge is 2.68. The molecule has 0 aromatic heterocycles. The minimum Gasteiger partial charge on any atom is -0.388 e. The average Bonchev–Trinajstić information content (AvgIpc) is 3.68. The molecule has 9 rings (SSSR count). The lowest BCUT2D eigenvalue weighted by molar-refractivity contribution is -0.359.